The van der Waals surface area contributed by atoms with Crippen molar-refractivity contribution in [2.45, 2.75) is 18.2 Å². The van der Waals surface area contributed by atoms with Crippen LogP contribution in [0.3, 0.4) is 0 Å². The van der Waals surface area contributed by atoms with Crippen molar-refractivity contribution in [1.29, 1.82) is 0 Å². The van der Waals surface area contributed by atoms with E-state index in [4.69, 9.17) is 12.6 Å². The van der Waals surface area contributed by atoms with E-state index in [9.17, 15) is 0 Å². The average Bonchev–Trinajstić information content (AvgIpc) is 1.90. The highest BCUT2D eigenvalue weighted by atomic mass is 32.1. The normalized spacial score (nSPS) is 9.44. The van der Waals surface area contributed by atoms with E-state index in [1.54, 1.807) is 0 Å². The fourth-order valence-electron chi connectivity index (χ4n) is 0.725. The lowest BCUT2D eigenvalue weighted by molar-refractivity contribution is 1.13. The zero-order chi connectivity index (χ0) is 6.69. The second-order valence-electron chi connectivity index (χ2n) is 2.00. The first-order valence-electron chi connectivity index (χ1n) is 3.09. The minimum absolute atomic E-state index is 0.923. The molecule has 0 aromatic heterocycles. The summed E-state index contributed by atoms with van der Waals surface area (Å²) in [5, 5.41) is 0. The number of hydrogen-bond acceptors (Lipinski definition) is 0. The van der Waals surface area contributed by atoms with Crippen LogP contribution < -0.4 is 0 Å². The molecule has 9 heavy (non-hydrogen) atoms. The van der Waals surface area contributed by atoms with E-state index in [2.05, 4.69) is 19.1 Å². The Morgan fingerprint density at radius 3 is 2.22 bits per heavy atom. The monoisotopic (exact) mass is 137 g/mol. The highest BCUT2D eigenvalue weighted by Crippen LogP contribution is 2.07. The molecule has 0 bridgehead atoms. The van der Waals surface area contributed by atoms with Gasteiger partial charge in [-0.3, -0.25) is 0 Å². The lowest BCUT2D eigenvalue weighted by Gasteiger charge is -1.93. The molecule has 1 radical (unpaired) electrons. The summed E-state index contributed by atoms with van der Waals surface area (Å²) in [6, 6.07) is 8.08. The molecule has 0 aliphatic rings. The van der Waals surface area contributed by atoms with Gasteiger partial charge < -0.3 is 0 Å². The van der Waals surface area contributed by atoms with Gasteiger partial charge in [-0.1, -0.05) is 31.7 Å². The van der Waals surface area contributed by atoms with E-state index in [-0.39, 0.29) is 0 Å². The number of hydrogen-bond donors (Lipinski definition) is 0. The minimum Gasteiger partial charge on any atom is -0.0801 e. The average molecular weight is 137 g/mol. The summed E-state index contributed by atoms with van der Waals surface area (Å²) in [5.74, 6) is 0. The summed E-state index contributed by atoms with van der Waals surface area (Å²) < 4.78 is 0. The van der Waals surface area contributed by atoms with Crippen molar-refractivity contribution in [3.63, 3.8) is 0 Å². The van der Waals surface area contributed by atoms with Crippen LogP contribution in [0.2, 0.25) is 0 Å². The number of rotatable bonds is 1. The predicted octanol–water partition coefficient (Wildman–Crippen LogP) is 2.81. The van der Waals surface area contributed by atoms with Gasteiger partial charge in [-0.15, -0.1) is 0 Å². The molecule has 0 amide bonds. The van der Waals surface area contributed by atoms with Gasteiger partial charge >= 0.3 is 0 Å². The zero-order valence-electron chi connectivity index (χ0n) is 5.42. The maximum Gasteiger partial charge on any atom is 0.0377 e. The summed E-state index contributed by atoms with van der Waals surface area (Å²) in [6.45, 7) is 2.14. The molecule has 0 atom stereocenters. The summed E-state index contributed by atoms with van der Waals surface area (Å²) in [7, 11) is 0. The van der Waals surface area contributed by atoms with Gasteiger partial charge in [-0.05, 0) is 24.1 Å². The van der Waals surface area contributed by atoms with Crippen LogP contribution in [-0.2, 0) is 6.42 Å². The molecular formula is C8H9S. The van der Waals surface area contributed by atoms with E-state index in [0.29, 0.717) is 0 Å². The van der Waals surface area contributed by atoms with E-state index in [0.717, 1.165) is 11.3 Å². The zero-order valence-corrected chi connectivity index (χ0v) is 6.24. The van der Waals surface area contributed by atoms with Gasteiger partial charge in [0, 0.05) is 4.90 Å². The summed E-state index contributed by atoms with van der Waals surface area (Å²) in [4.78, 5) is 0.923. The molecule has 0 N–H and O–H groups in total. The van der Waals surface area contributed by atoms with E-state index in [1.807, 2.05) is 12.1 Å². The van der Waals surface area contributed by atoms with Gasteiger partial charge in [0.05, 0.1) is 0 Å². The molecule has 0 heterocycles. The Bertz CT molecular complexity index is 176. The van der Waals surface area contributed by atoms with Crippen molar-refractivity contribution in [3.05, 3.63) is 29.8 Å². The molecule has 0 nitrogen and oxygen atoms in total. The number of benzene rings is 1. The van der Waals surface area contributed by atoms with Crippen LogP contribution in [0.1, 0.15) is 12.5 Å². The summed E-state index contributed by atoms with van der Waals surface area (Å²) in [6.07, 6.45) is 1.09. The third-order valence-corrected chi connectivity index (χ3v) is 1.60. The van der Waals surface area contributed by atoms with Crippen molar-refractivity contribution in [3.8, 4) is 0 Å². The number of aryl methyl sites for hydroxylation is 1. The van der Waals surface area contributed by atoms with Gasteiger partial charge in [-0.25, -0.2) is 0 Å². The maximum atomic E-state index is 4.92. The highest BCUT2D eigenvalue weighted by Gasteiger charge is 1.86. The molecule has 0 spiro atoms. The first kappa shape index (κ1) is 6.56. The van der Waals surface area contributed by atoms with Crippen molar-refractivity contribution >= 4 is 12.6 Å². The van der Waals surface area contributed by atoms with Gasteiger partial charge in [0.2, 0.25) is 0 Å². The molecule has 1 aromatic carbocycles. The van der Waals surface area contributed by atoms with Crippen molar-refractivity contribution in [1.82, 2.24) is 0 Å². The second-order valence-corrected chi connectivity index (χ2v) is 2.47. The molecule has 0 aliphatic carbocycles. The van der Waals surface area contributed by atoms with Crippen LogP contribution in [0.15, 0.2) is 29.2 Å². The summed E-state index contributed by atoms with van der Waals surface area (Å²) >= 11 is 4.92. The molecule has 47 valence electrons. The molecule has 1 aromatic rings. The maximum absolute atomic E-state index is 4.92. The fraction of sp³-hybridized carbons (Fsp3) is 0.250. The van der Waals surface area contributed by atoms with Crippen molar-refractivity contribution in [2.24, 2.45) is 0 Å². The van der Waals surface area contributed by atoms with Gasteiger partial charge in [-0.2, -0.15) is 0 Å². The Labute approximate surface area is 61.3 Å². The smallest absolute Gasteiger partial charge is 0.0377 e. The van der Waals surface area contributed by atoms with Gasteiger partial charge in [0.25, 0.3) is 0 Å². The van der Waals surface area contributed by atoms with Crippen LogP contribution in [0.5, 0.6) is 0 Å². The molecule has 0 aliphatic heterocycles. The van der Waals surface area contributed by atoms with Crippen LogP contribution in [0, 0.1) is 0 Å². The molecule has 1 heteroatoms. The molecule has 0 saturated carbocycles. The Hall–Kier alpha value is -0.560. The Morgan fingerprint density at radius 2 is 1.78 bits per heavy atom. The largest absolute Gasteiger partial charge is 0.0801 e. The first-order chi connectivity index (χ1) is 4.33. The van der Waals surface area contributed by atoms with Crippen LogP contribution in [-0.4, -0.2) is 0 Å². The predicted molar refractivity (Wildman–Crippen MR) is 41.7 cm³/mol. The van der Waals surface area contributed by atoms with E-state index >= 15 is 0 Å². The Balaban J connectivity index is 2.88. The Kier molecular flexibility index (Phi) is 2.06. The quantitative estimate of drug-likeness (QED) is 0.558. The molecular weight excluding hydrogens is 128 g/mol. The topological polar surface area (TPSA) is 0 Å². The van der Waals surface area contributed by atoms with Crippen LogP contribution in [0.25, 0.3) is 0 Å². The standard InChI is InChI=1S/C8H9S/c1-2-7-3-5-8(9)6-4-7/h3-6H,2H2,1H3. The van der Waals surface area contributed by atoms with Gasteiger partial charge in [0.15, 0.2) is 0 Å². The SMILES string of the molecule is CCc1ccc([S])cc1. The third kappa shape index (κ3) is 1.68. The third-order valence-electron chi connectivity index (χ3n) is 1.33. The minimum atomic E-state index is 0.923. The molecule has 0 saturated heterocycles. The van der Waals surface area contributed by atoms with Crippen molar-refractivity contribution < 1.29 is 0 Å². The molecule has 1 rings (SSSR count). The molecule has 0 fully saturated rings. The lowest BCUT2D eigenvalue weighted by Crippen LogP contribution is -1.76. The first-order valence-corrected chi connectivity index (χ1v) is 3.49. The van der Waals surface area contributed by atoms with Crippen LogP contribution in [0.4, 0.5) is 0 Å². The van der Waals surface area contributed by atoms with Gasteiger partial charge in [0.1, 0.15) is 0 Å². The summed E-state index contributed by atoms with van der Waals surface area (Å²) in [5.41, 5.74) is 1.35. The lowest BCUT2D eigenvalue weighted by atomic mass is 10.2. The van der Waals surface area contributed by atoms with E-state index in [1.165, 1.54) is 5.56 Å². The fourth-order valence-corrected chi connectivity index (χ4v) is 0.861. The van der Waals surface area contributed by atoms with E-state index < -0.39 is 0 Å². The van der Waals surface area contributed by atoms with Crippen molar-refractivity contribution in [2.75, 3.05) is 0 Å². The Morgan fingerprint density at radius 1 is 1.22 bits per heavy atom. The second kappa shape index (κ2) is 2.83. The van der Waals surface area contributed by atoms with Crippen LogP contribution >= 0.6 is 12.6 Å². The highest BCUT2D eigenvalue weighted by molar-refractivity contribution is 7.80. The molecule has 0 unspecified atom stereocenters.